The Morgan fingerprint density at radius 2 is 2.07 bits per heavy atom. The Balaban J connectivity index is 1.60. The molecule has 0 atom stereocenters. The van der Waals surface area contributed by atoms with Crippen molar-refractivity contribution in [2.24, 2.45) is 0 Å². The topological polar surface area (TPSA) is 100 Å². The highest BCUT2D eigenvalue weighted by atomic mass is 16.5. The van der Waals surface area contributed by atoms with Gasteiger partial charge in [-0.3, -0.25) is 14.6 Å². The summed E-state index contributed by atoms with van der Waals surface area (Å²) in [6, 6.07) is 9.13. The van der Waals surface area contributed by atoms with Gasteiger partial charge in [0.1, 0.15) is 16.9 Å². The van der Waals surface area contributed by atoms with Crippen LogP contribution >= 0.6 is 0 Å². The van der Waals surface area contributed by atoms with E-state index in [2.05, 4.69) is 25.2 Å². The van der Waals surface area contributed by atoms with Gasteiger partial charge in [0.25, 0.3) is 5.91 Å². The van der Waals surface area contributed by atoms with Crippen molar-refractivity contribution in [3.05, 3.63) is 64.2 Å². The number of aromatic amines is 1. The van der Waals surface area contributed by atoms with E-state index in [-0.39, 0.29) is 17.6 Å². The maximum absolute atomic E-state index is 12.8. The largest absolute Gasteiger partial charge is 0.378 e. The Bertz CT molecular complexity index is 1010. The van der Waals surface area contributed by atoms with Crippen molar-refractivity contribution in [1.29, 1.82) is 0 Å². The van der Waals surface area contributed by atoms with Crippen LogP contribution in [0.25, 0.3) is 11.0 Å². The molecular weight excluding hydrogens is 346 g/mol. The number of aromatic nitrogens is 3. The minimum Gasteiger partial charge on any atom is -0.378 e. The second-order valence-electron chi connectivity index (χ2n) is 6.20. The third-order valence-corrected chi connectivity index (χ3v) is 4.45. The molecule has 1 amide bonds. The predicted molar refractivity (Wildman–Crippen MR) is 101 cm³/mol. The van der Waals surface area contributed by atoms with Crippen LogP contribution in [0, 0.1) is 0 Å². The van der Waals surface area contributed by atoms with Crippen LogP contribution in [0.1, 0.15) is 16.1 Å². The molecule has 0 bridgehead atoms. The van der Waals surface area contributed by atoms with Crippen LogP contribution in [0.5, 0.6) is 0 Å². The lowest BCUT2D eigenvalue weighted by atomic mass is 10.2. The third-order valence-electron chi connectivity index (χ3n) is 4.45. The fraction of sp³-hybridized carbons (Fsp3) is 0.263. The average molecular weight is 365 g/mol. The number of amides is 1. The quantitative estimate of drug-likeness (QED) is 0.718. The van der Waals surface area contributed by atoms with Crippen LogP contribution in [0.15, 0.2) is 47.5 Å². The number of hydrogen-bond acceptors (Lipinski definition) is 6. The van der Waals surface area contributed by atoms with Crippen molar-refractivity contribution in [2.45, 2.75) is 6.54 Å². The minimum atomic E-state index is -0.456. The van der Waals surface area contributed by atoms with E-state index in [4.69, 9.17) is 4.74 Å². The Morgan fingerprint density at radius 1 is 1.22 bits per heavy atom. The lowest BCUT2D eigenvalue weighted by Gasteiger charge is -2.27. The molecule has 1 aliphatic rings. The van der Waals surface area contributed by atoms with Crippen molar-refractivity contribution in [2.75, 3.05) is 31.2 Å². The highest BCUT2D eigenvalue weighted by Gasteiger charge is 2.17. The molecule has 0 saturated carbocycles. The Hall–Kier alpha value is -3.26. The van der Waals surface area contributed by atoms with Gasteiger partial charge < -0.3 is 19.9 Å². The second kappa shape index (κ2) is 7.55. The van der Waals surface area contributed by atoms with E-state index in [1.165, 1.54) is 6.20 Å². The van der Waals surface area contributed by atoms with Crippen LogP contribution in [0.3, 0.4) is 0 Å². The summed E-state index contributed by atoms with van der Waals surface area (Å²) in [4.78, 5) is 39.0. The molecule has 4 heterocycles. The van der Waals surface area contributed by atoms with E-state index >= 15 is 0 Å². The molecule has 8 heteroatoms. The summed E-state index contributed by atoms with van der Waals surface area (Å²) in [5, 5.41) is 2.72. The number of nitrogens with one attached hydrogen (secondary N) is 2. The van der Waals surface area contributed by atoms with Gasteiger partial charge in [-0.15, -0.1) is 0 Å². The molecule has 1 fully saturated rings. The number of H-pyrrole nitrogens is 1. The lowest BCUT2D eigenvalue weighted by molar-refractivity contribution is 0.0949. The van der Waals surface area contributed by atoms with Gasteiger partial charge in [-0.1, -0.05) is 6.07 Å². The van der Waals surface area contributed by atoms with Gasteiger partial charge in [0.15, 0.2) is 0 Å². The maximum atomic E-state index is 12.8. The fourth-order valence-electron chi connectivity index (χ4n) is 2.99. The van der Waals surface area contributed by atoms with Crippen LogP contribution < -0.4 is 15.6 Å². The monoisotopic (exact) mass is 365 g/mol. The van der Waals surface area contributed by atoms with Crippen molar-refractivity contribution in [3.8, 4) is 0 Å². The molecule has 0 aliphatic carbocycles. The molecule has 0 aromatic carbocycles. The van der Waals surface area contributed by atoms with Crippen LogP contribution in [0.2, 0.25) is 0 Å². The zero-order chi connectivity index (χ0) is 18.6. The lowest BCUT2D eigenvalue weighted by Crippen LogP contribution is -2.37. The Morgan fingerprint density at radius 3 is 2.85 bits per heavy atom. The summed E-state index contributed by atoms with van der Waals surface area (Å²) in [5.74, 6) is 0.254. The van der Waals surface area contributed by atoms with E-state index in [0.717, 1.165) is 18.8 Å². The molecule has 0 radical (unpaired) electrons. The second-order valence-corrected chi connectivity index (χ2v) is 6.20. The first-order valence-corrected chi connectivity index (χ1v) is 8.75. The number of fused-ring (bicyclic) bond motifs is 1. The number of pyridine rings is 3. The first kappa shape index (κ1) is 17.2. The number of carbonyl (C=O) groups excluding carboxylic acids is 1. The first-order chi connectivity index (χ1) is 13.2. The number of carbonyl (C=O) groups is 1. The number of anilines is 1. The molecule has 3 aromatic heterocycles. The smallest absolute Gasteiger partial charge is 0.257 e. The molecule has 1 aliphatic heterocycles. The van der Waals surface area contributed by atoms with Crippen molar-refractivity contribution in [1.82, 2.24) is 20.3 Å². The zero-order valence-electron chi connectivity index (χ0n) is 14.6. The number of nitrogens with zero attached hydrogens (tertiary/aromatic N) is 3. The van der Waals surface area contributed by atoms with E-state index < -0.39 is 11.3 Å². The Labute approximate surface area is 155 Å². The highest BCUT2D eigenvalue weighted by molar-refractivity contribution is 5.96. The van der Waals surface area contributed by atoms with Crippen LogP contribution in [-0.2, 0) is 11.3 Å². The summed E-state index contributed by atoms with van der Waals surface area (Å²) in [7, 11) is 0. The van der Waals surface area contributed by atoms with Gasteiger partial charge in [-0.05, 0) is 24.3 Å². The zero-order valence-corrected chi connectivity index (χ0v) is 14.6. The highest BCUT2D eigenvalue weighted by Crippen LogP contribution is 2.16. The van der Waals surface area contributed by atoms with E-state index in [0.29, 0.717) is 24.5 Å². The number of morpholine rings is 1. The molecule has 4 rings (SSSR count). The van der Waals surface area contributed by atoms with Gasteiger partial charge in [0.05, 0.1) is 31.0 Å². The predicted octanol–water partition coefficient (Wildman–Crippen LogP) is 1.08. The molecular formula is C19H19N5O3. The van der Waals surface area contributed by atoms with Gasteiger partial charge in [-0.25, -0.2) is 4.98 Å². The summed E-state index contributed by atoms with van der Waals surface area (Å²) in [5.41, 5.74) is 1.21. The van der Waals surface area contributed by atoms with Crippen LogP contribution in [0.4, 0.5) is 5.82 Å². The summed E-state index contributed by atoms with van der Waals surface area (Å²) in [6.45, 7) is 2.96. The van der Waals surface area contributed by atoms with Crippen molar-refractivity contribution < 1.29 is 9.53 Å². The molecule has 0 spiro atoms. The van der Waals surface area contributed by atoms with E-state index in [9.17, 15) is 9.59 Å². The molecule has 0 unspecified atom stereocenters. The summed E-state index contributed by atoms with van der Waals surface area (Å²) >= 11 is 0. The van der Waals surface area contributed by atoms with Crippen molar-refractivity contribution >= 4 is 22.8 Å². The summed E-state index contributed by atoms with van der Waals surface area (Å²) < 4.78 is 5.35. The fourth-order valence-corrected chi connectivity index (χ4v) is 2.99. The standard InChI is InChI=1S/C19H19N5O3/c25-18-14(19(26)22-11-13-3-1-2-6-20-13)12-21-15-4-5-16(23-17(15)18)24-7-9-27-10-8-24/h1-6,12H,7-11H2,(H,21,25)(H,22,26). The molecule has 27 heavy (non-hydrogen) atoms. The van der Waals surface area contributed by atoms with Crippen LogP contribution in [-0.4, -0.2) is 47.2 Å². The minimum absolute atomic E-state index is 0.0325. The Kier molecular flexibility index (Phi) is 4.80. The number of rotatable bonds is 4. The van der Waals surface area contributed by atoms with Gasteiger partial charge >= 0.3 is 0 Å². The van der Waals surface area contributed by atoms with Crippen molar-refractivity contribution in [3.63, 3.8) is 0 Å². The SMILES string of the molecule is O=C(NCc1ccccn1)c1c[nH]c2ccc(N3CCOCC3)nc2c1=O. The van der Waals surface area contributed by atoms with Gasteiger partial charge in [0.2, 0.25) is 5.43 Å². The third kappa shape index (κ3) is 3.65. The number of ether oxygens (including phenoxy) is 1. The summed E-state index contributed by atoms with van der Waals surface area (Å²) in [6.07, 6.45) is 3.08. The number of hydrogen-bond donors (Lipinski definition) is 2. The average Bonchev–Trinajstić information content (AvgIpc) is 2.73. The van der Waals surface area contributed by atoms with E-state index in [1.54, 1.807) is 18.3 Å². The first-order valence-electron chi connectivity index (χ1n) is 8.75. The molecule has 1 saturated heterocycles. The maximum Gasteiger partial charge on any atom is 0.257 e. The van der Waals surface area contributed by atoms with Gasteiger partial charge in [-0.2, -0.15) is 0 Å². The molecule has 138 valence electrons. The molecule has 8 nitrogen and oxygen atoms in total. The van der Waals surface area contributed by atoms with Gasteiger partial charge in [0, 0.05) is 25.5 Å². The normalized spacial score (nSPS) is 14.3. The molecule has 3 aromatic rings. The molecule has 2 N–H and O–H groups in total. The van der Waals surface area contributed by atoms with E-state index in [1.807, 2.05) is 18.2 Å².